The van der Waals surface area contributed by atoms with Crippen molar-refractivity contribution in [2.75, 3.05) is 32.1 Å². The third-order valence-corrected chi connectivity index (χ3v) is 4.12. The zero-order valence-electron chi connectivity index (χ0n) is 17.6. The van der Waals surface area contributed by atoms with Crippen molar-refractivity contribution < 1.29 is 28.7 Å². The Bertz CT molecular complexity index is 781. The molecule has 30 heavy (non-hydrogen) atoms. The summed E-state index contributed by atoms with van der Waals surface area (Å²) in [4.78, 5) is 48.5. The quantitative estimate of drug-likeness (QED) is 0.602. The number of benzene rings is 1. The molecular weight excluding hydrogens is 392 g/mol. The number of rotatable bonds is 6. The molecule has 0 unspecified atom stereocenters. The van der Waals surface area contributed by atoms with Crippen LogP contribution >= 0.6 is 0 Å². The molecule has 0 bridgehead atoms. The Morgan fingerprint density at radius 1 is 1.10 bits per heavy atom. The lowest BCUT2D eigenvalue weighted by molar-refractivity contribution is -0.140. The molecule has 1 aromatic carbocycles. The molecule has 1 aliphatic heterocycles. The van der Waals surface area contributed by atoms with Gasteiger partial charge in [-0.3, -0.25) is 9.59 Å². The minimum Gasteiger partial charge on any atom is -0.469 e. The zero-order valence-corrected chi connectivity index (χ0v) is 17.6. The van der Waals surface area contributed by atoms with Crippen LogP contribution in [-0.2, 0) is 14.3 Å². The van der Waals surface area contributed by atoms with E-state index in [0.717, 1.165) is 0 Å². The summed E-state index contributed by atoms with van der Waals surface area (Å²) in [6.45, 7) is 6.33. The minimum atomic E-state index is -0.558. The van der Waals surface area contributed by atoms with Crippen LogP contribution in [0.1, 0.15) is 37.6 Å². The smallest absolute Gasteiger partial charge is 0.410 e. The number of nitrogens with one attached hydrogen (secondary N) is 3. The second kappa shape index (κ2) is 9.95. The summed E-state index contributed by atoms with van der Waals surface area (Å²) in [6.07, 6.45) is -0.310. The van der Waals surface area contributed by atoms with E-state index in [2.05, 4.69) is 20.7 Å². The van der Waals surface area contributed by atoms with E-state index in [0.29, 0.717) is 24.3 Å². The zero-order chi connectivity index (χ0) is 22.3. The van der Waals surface area contributed by atoms with E-state index in [1.807, 2.05) is 0 Å². The first-order valence-corrected chi connectivity index (χ1v) is 9.58. The fraction of sp³-hybridized carbons (Fsp3) is 0.500. The molecule has 0 radical (unpaired) electrons. The molecule has 164 valence electrons. The Labute approximate surface area is 175 Å². The fourth-order valence-corrected chi connectivity index (χ4v) is 2.59. The number of urea groups is 1. The van der Waals surface area contributed by atoms with Crippen molar-refractivity contribution in [1.29, 1.82) is 0 Å². The van der Waals surface area contributed by atoms with Crippen LogP contribution in [0.25, 0.3) is 0 Å². The highest BCUT2D eigenvalue weighted by Gasteiger charge is 2.34. The normalized spacial score (nSPS) is 13.7. The van der Waals surface area contributed by atoms with Crippen LogP contribution in [0.15, 0.2) is 24.3 Å². The second-order valence-electron chi connectivity index (χ2n) is 7.84. The SMILES string of the molecule is COC(=O)CCNC(=O)c1ccc(NC(=O)NC2CN(C(=O)OC(C)(C)C)C2)cc1. The highest BCUT2D eigenvalue weighted by atomic mass is 16.6. The highest BCUT2D eigenvalue weighted by molar-refractivity contribution is 5.95. The molecule has 1 saturated heterocycles. The minimum absolute atomic E-state index is 0.0918. The number of esters is 1. The van der Waals surface area contributed by atoms with Crippen LogP contribution in [-0.4, -0.2) is 67.3 Å². The van der Waals surface area contributed by atoms with Gasteiger partial charge in [0.2, 0.25) is 0 Å². The fourth-order valence-electron chi connectivity index (χ4n) is 2.59. The van der Waals surface area contributed by atoms with E-state index >= 15 is 0 Å². The van der Waals surface area contributed by atoms with Gasteiger partial charge in [0.1, 0.15) is 5.60 Å². The average molecular weight is 420 g/mol. The second-order valence-corrected chi connectivity index (χ2v) is 7.84. The first kappa shape index (κ1) is 23.0. The van der Waals surface area contributed by atoms with Crippen LogP contribution < -0.4 is 16.0 Å². The molecule has 2 rings (SSSR count). The number of nitrogens with zero attached hydrogens (tertiary/aromatic N) is 1. The number of methoxy groups -OCH3 is 1. The molecule has 4 amide bonds. The number of hydrogen-bond donors (Lipinski definition) is 3. The van der Waals surface area contributed by atoms with E-state index in [1.165, 1.54) is 12.0 Å². The van der Waals surface area contributed by atoms with Crippen molar-refractivity contribution >= 4 is 29.7 Å². The van der Waals surface area contributed by atoms with Crippen molar-refractivity contribution in [3.05, 3.63) is 29.8 Å². The standard InChI is InChI=1S/C20H28N4O6/c1-20(2,3)30-19(28)24-11-15(12-24)23-18(27)22-14-7-5-13(6-8-14)17(26)21-10-9-16(25)29-4/h5-8,15H,9-12H2,1-4H3,(H,21,26)(H2,22,23,27). The molecule has 1 aromatic rings. The third kappa shape index (κ3) is 7.26. The third-order valence-electron chi connectivity index (χ3n) is 4.12. The van der Waals surface area contributed by atoms with Gasteiger partial charge in [-0.05, 0) is 45.0 Å². The highest BCUT2D eigenvalue weighted by Crippen LogP contribution is 2.15. The van der Waals surface area contributed by atoms with Gasteiger partial charge in [0, 0.05) is 30.9 Å². The van der Waals surface area contributed by atoms with Crippen LogP contribution in [0.4, 0.5) is 15.3 Å². The number of anilines is 1. The summed E-state index contributed by atoms with van der Waals surface area (Å²) in [7, 11) is 1.29. The summed E-state index contributed by atoms with van der Waals surface area (Å²) in [6, 6.07) is 5.77. The van der Waals surface area contributed by atoms with Gasteiger partial charge in [-0.2, -0.15) is 0 Å². The maximum Gasteiger partial charge on any atom is 0.410 e. The molecule has 1 heterocycles. The Morgan fingerprint density at radius 3 is 2.30 bits per heavy atom. The molecule has 0 atom stereocenters. The average Bonchev–Trinajstić information content (AvgIpc) is 2.63. The number of carbonyl (C=O) groups excluding carboxylic acids is 4. The van der Waals surface area contributed by atoms with E-state index in [1.54, 1.807) is 45.0 Å². The van der Waals surface area contributed by atoms with Gasteiger partial charge >= 0.3 is 18.1 Å². The maximum absolute atomic E-state index is 12.1. The molecule has 0 aromatic heterocycles. The summed E-state index contributed by atoms with van der Waals surface area (Å²) >= 11 is 0. The number of carbonyl (C=O) groups is 4. The van der Waals surface area contributed by atoms with Crippen molar-refractivity contribution in [2.24, 2.45) is 0 Å². The van der Waals surface area contributed by atoms with E-state index in [-0.39, 0.29) is 24.9 Å². The number of amides is 4. The number of hydrogen-bond acceptors (Lipinski definition) is 6. The van der Waals surface area contributed by atoms with Crippen LogP contribution in [0.3, 0.4) is 0 Å². The molecule has 0 aliphatic carbocycles. The maximum atomic E-state index is 12.1. The number of ether oxygens (including phenoxy) is 2. The van der Waals surface area contributed by atoms with Gasteiger partial charge in [0.15, 0.2) is 0 Å². The van der Waals surface area contributed by atoms with Gasteiger partial charge in [-0.25, -0.2) is 9.59 Å². The van der Waals surface area contributed by atoms with Crippen LogP contribution in [0, 0.1) is 0 Å². The topological polar surface area (TPSA) is 126 Å². The summed E-state index contributed by atoms with van der Waals surface area (Å²) in [5, 5.41) is 8.06. The Morgan fingerprint density at radius 2 is 1.73 bits per heavy atom. The lowest BCUT2D eigenvalue weighted by Gasteiger charge is -2.39. The van der Waals surface area contributed by atoms with Gasteiger partial charge in [0.05, 0.1) is 19.6 Å². The molecule has 0 spiro atoms. The van der Waals surface area contributed by atoms with Gasteiger partial charge < -0.3 is 30.3 Å². The predicted octanol–water partition coefficient (Wildman–Crippen LogP) is 1.72. The van der Waals surface area contributed by atoms with Gasteiger partial charge in [0.25, 0.3) is 5.91 Å². The predicted molar refractivity (Wildman–Crippen MR) is 109 cm³/mol. The van der Waals surface area contributed by atoms with Crippen molar-refractivity contribution in [2.45, 2.75) is 38.8 Å². The molecule has 1 aliphatic rings. The lowest BCUT2D eigenvalue weighted by atomic mass is 10.1. The molecule has 10 nitrogen and oxygen atoms in total. The van der Waals surface area contributed by atoms with E-state index in [9.17, 15) is 19.2 Å². The van der Waals surface area contributed by atoms with Crippen molar-refractivity contribution in [3.63, 3.8) is 0 Å². The molecular formula is C20H28N4O6. The lowest BCUT2D eigenvalue weighted by Crippen LogP contribution is -2.62. The Hall–Kier alpha value is -3.30. The van der Waals surface area contributed by atoms with Gasteiger partial charge in [-0.15, -0.1) is 0 Å². The first-order chi connectivity index (χ1) is 14.1. The van der Waals surface area contributed by atoms with Gasteiger partial charge in [-0.1, -0.05) is 0 Å². The molecule has 3 N–H and O–H groups in total. The van der Waals surface area contributed by atoms with Crippen molar-refractivity contribution in [1.82, 2.24) is 15.5 Å². The molecule has 10 heteroatoms. The van der Waals surface area contributed by atoms with Crippen LogP contribution in [0.2, 0.25) is 0 Å². The van der Waals surface area contributed by atoms with E-state index < -0.39 is 23.7 Å². The molecule has 1 fully saturated rings. The summed E-state index contributed by atoms with van der Waals surface area (Å²) < 4.78 is 9.77. The monoisotopic (exact) mass is 420 g/mol. The largest absolute Gasteiger partial charge is 0.469 e. The molecule has 0 saturated carbocycles. The Balaban J connectivity index is 1.72. The van der Waals surface area contributed by atoms with Crippen molar-refractivity contribution in [3.8, 4) is 0 Å². The first-order valence-electron chi connectivity index (χ1n) is 9.58. The van der Waals surface area contributed by atoms with E-state index in [4.69, 9.17) is 4.74 Å². The summed E-state index contributed by atoms with van der Waals surface area (Å²) in [5.74, 6) is -0.729. The number of likely N-dealkylation sites (tertiary alicyclic amines) is 1. The van der Waals surface area contributed by atoms with Crippen LogP contribution in [0.5, 0.6) is 0 Å². The Kier molecular flexibility index (Phi) is 7.62. The summed E-state index contributed by atoms with van der Waals surface area (Å²) in [5.41, 5.74) is 0.358.